The molecule has 6 heteroatoms. The normalized spacial score (nSPS) is 14.2. The Kier molecular flexibility index (Phi) is 16.1. The molecule has 0 aromatic rings. The van der Waals surface area contributed by atoms with E-state index in [1.165, 1.54) is 0 Å². The van der Waals surface area contributed by atoms with Gasteiger partial charge in [0.2, 0.25) is 0 Å². The lowest BCUT2D eigenvalue weighted by Gasteiger charge is -2.54. The first kappa shape index (κ1) is 32.6. The maximum atomic E-state index is 2.59. The van der Waals surface area contributed by atoms with Crippen LogP contribution in [0.5, 0.6) is 0 Å². The Labute approximate surface area is 200 Å². The Bertz CT molecular complexity index is 345. The maximum absolute atomic E-state index is 2.59. The van der Waals surface area contributed by atoms with Crippen LogP contribution >= 0.6 is 44.4 Å². The summed E-state index contributed by atoms with van der Waals surface area (Å²) in [5, 5.41) is 0. The topological polar surface area (TPSA) is 0 Å². The quantitative estimate of drug-likeness (QED) is 0.208. The van der Waals surface area contributed by atoms with E-state index in [1.807, 2.05) is 0 Å². The van der Waals surface area contributed by atoms with Crippen LogP contribution in [0, 0.1) is 0 Å². The van der Waals surface area contributed by atoms with Crippen LogP contribution in [-0.4, -0.2) is 45.3 Å². The van der Waals surface area contributed by atoms with Crippen molar-refractivity contribution in [3.63, 3.8) is 0 Å². The second kappa shape index (κ2) is 14.9. The molecule has 0 spiro atoms. The van der Waals surface area contributed by atoms with E-state index < -0.39 is 0 Å². The molecule has 30 heavy (non-hydrogen) atoms. The lowest BCUT2D eigenvalue weighted by atomic mass is 10.5. The Morgan fingerprint density at radius 2 is 0.333 bits per heavy atom. The van der Waals surface area contributed by atoms with Gasteiger partial charge in [0.15, 0.2) is 0 Å². The van der Waals surface area contributed by atoms with E-state index in [9.17, 15) is 0 Å². The third-order valence-corrected chi connectivity index (χ3v) is 59.1. The van der Waals surface area contributed by atoms with Gasteiger partial charge < -0.3 is 0 Å². The van der Waals surface area contributed by atoms with Crippen LogP contribution < -0.4 is 0 Å². The molecule has 0 heterocycles. The van der Waals surface area contributed by atoms with Crippen molar-refractivity contribution in [3.05, 3.63) is 0 Å². The lowest BCUT2D eigenvalue weighted by Crippen LogP contribution is -2.11. The minimum Gasteiger partial charge on any atom is -0.0661 e. The first-order valence-electron chi connectivity index (χ1n) is 12.3. The Balaban J connectivity index is 7.14. The van der Waals surface area contributed by atoms with Gasteiger partial charge in [0.25, 0.3) is 0 Å². The van der Waals surface area contributed by atoms with Crippen molar-refractivity contribution in [3.8, 4) is 0 Å². The predicted molar refractivity (Wildman–Crippen MR) is 163 cm³/mol. The molecule has 0 amide bonds. The summed E-state index contributed by atoms with van der Waals surface area (Å²) in [7, 11) is 0.420. The minimum atomic E-state index is 0.105. The molecule has 0 aliphatic carbocycles. The van der Waals surface area contributed by atoms with Crippen molar-refractivity contribution >= 4 is 44.4 Å². The van der Waals surface area contributed by atoms with Gasteiger partial charge in [-0.2, -0.15) is 0 Å². The van der Waals surface area contributed by atoms with Gasteiger partial charge in [0.05, 0.1) is 0 Å². The van der Waals surface area contributed by atoms with Crippen molar-refractivity contribution in [2.45, 2.75) is 156 Å². The molecule has 0 radical (unpaired) electrons. The van der Waals surface area contributed by atoms with Crippen LogP contribution in [-0.2, 0) is 0 Å². The van der Waals surface area contributed by atoms with Gasteiger partial charge in [-0.05, 0) is 59.2 Å². The van der Waals surface area contributed by atoms with E-state index in [4.69, 9.17) is 0 Å². The summed E-state index contributed by atoms with van der Waals surface area (Å²) in [5.74, 6) is 0. The molecule has 0 bridgehead atoms. The highest BCUT2D eigenvalue weighted by molar-refractivity contribution is 9.04. The highest BCUT2D eigenvalue weighted by Gasteiger charge is 2.48. The molecule has 0 saturated carbocycles. The average Bonchev–Trinajstić information content (AvgIpc) is 2.50. The molecule has 0 rings (SSSR count). The molecule has 0 aromatic carbocycles. The molecule has 0 unspecified atom stereocenters. The Hall–Kier alpha value is 2.58. The van der Waals surface area contributed by atoms with Gasteiger partial charge in [-0.25, -0.2) is 0 Å². The SMILES string of the molecule is CC(C)P(C(C)C)P(P(C(C)C)C(C)C)P(P(C(C)C)C(C)C)P(C(C)C)C(C)C. The molecule has 0 fully saturated rings. The molecular formula is C24H56P6. The van der Waals surface area contributed by atoms with Gasteiger partial charge >= 0.3 is 0 Å². The third kappa shape index (κ3) is 8.98. The van der Waals surface area contributed by atoms with Crippen molar-refractivity contribution < 1.29 is 0 Å². The molecule has 0 aliphatic heterocycles. The highest BCUT2D eigenvalue weighted by atomic mass is 33.0. The van der Waals surface area contributed by atoms with E-state index in [2.05, 4.69) is 111 Å². The van der Waals surface area contributed by atoms with Crippen LogP contribution in [0.1, 0.15) is 111 Å². The fraction of sp³-hybridized carbons (Fsp3) is 1.00. The van der Waals surface area contributed by atoms with Crippen LogP contribution in [0.25, 0.3) is 0 Å². The first-order valence-corrected chi connectivity index (χ1v) is 24.4. The fourth-order valence-electron chi connectivity index (χ4n) is 4.65. The monoisotopic (exact) mass is 530 g/mol. The van der Waals surface area contributed by atoms with Gasteiger partial charge in [0.1, 0.15) is 0 Å². The smallest absolute Gasteiger partial charge is 0.0210 e. The molecule has 182 valence electrons. The van der Waals surface area contributed by atoms with E-state index in [0.29, 0.717) is 0 Å². The molecule has 0 N–H and O–H groups in total. The fourth-order valence-corrected chi connectivity index (χ4v) is 88.1. The molecule has 0 atom stereocenters. The summed E-state index contributed by atoms with van der Waals surface area (Å²) in [6.45, 7) is 41.6. The zero-order valence-corrected chi connectivity index (χ0v) is 28.7. The second-order valence-electron chi connectivity index (χ2n) is 10.8. The van der Waals surface area contributed by atoms with Crippen LogP contribution in [0.3, 0.4) is 0 Å². The van der Waals surface area contributed by atoms with Crippen LogP contribution in [0.15, 0.2) is 0 Å². The van der Waals surface area contributed by atoms with E-state index in [0.717, 1.165) is 45.3 Å². The van der Waals surface area contributed by atoms with Gasteiger partial charge in [0, 0.05) is 0 Å². The Morgan fingerprint density at radius 3 is 0.400 bits per heavy atom. The van der Waals surface area contributed by atoms with Gasteiger partial charge in [-0.3, -0.25) is 0 Å². The Morgan fingerprint density at radius 1 is 0.233 bits per heavy atom. The van der Waals surface area contributed by atoms with Crippen molar-refractivity contribution in [1.82, 2.24) is 0 Å². The molecule has 0 aliphatic rings. The highest BCUT2D eigenvalue weighted by Crippen LogP contribution is 3.16. The summed E-state index contributed by atoms with van der Waals surface area (Å²) in [6.07, 6.45) is 0. The summed E-state index contributed by atoms with van der Waals surface area (Å²) >= 11 is 0. The summed E-state index contributed by atoms with van der Waals surface area (Å²) in [5.41, 5.74) is 7.04. The first-order chi connectivity index (χ1) is 13.6. The standard InChI is InChI=1S/C24H56P6/c1-17(2)25(18(3)4)29(26(19(5)6)20(7)8)30(27(21(9)10)22(11)12)28(23(13)14)24(15)16/h17-24H,1-16H3. The second-order valence-corrected chi connectivity index (χ2v) is 41.6. The summed E-state index contributed by atoms with van der Waals surface area (Å²) in [6, 6.07) is 0. The van der Waals surface area contributed by atoms with Crippen LogP contribution in [0.4, 0.5) is 0 Å². The lowest BCUT2D eigenvalue weighted by molar-refractivity contribution is 1.02. The van der Waals surface area contributed by atoms with E-state index >= 15 is 0 Å². The zero-order valence-electron chi connectivity index (χ0n) is 23.3. The van der Waals surface area contributed by atoms with E-state index in [1.54, 1.807) is 0 Å². The van der Waals surface area contributed by atoms with Gasteiger partial charge in [-0.1, -0.05) is 141 Å². The molecule has 0 nitrogen and oxygen atoms in total. The number of hydrogen-bond acceptors (Lipinski definition) is 0. The largest absolute Gasteiger partial charge is 0.0661 e. The number of rotatable bonds is 13. The van der Waals surface area contributed by atoms with Crippen LogP contribution in [0.2, 0.25) is 0 Å². The van der Waals surface area contributed by atoms with Crippen molar-refractivity contribution in [2.75, 3.05) is 0 Å². The van der Waals surface area contributed by atoms with Crippen molar-refractivity contribution in [1.29, 1.82) is 0 Å². The van der Waals surface area contributed by atoms with E-state index in [-0.39, 0.29) is 44.4 Å². The average molecular weight is 531 g/mol. The van der Waals surface area contributed by atoms with Crippen molar-refractivity contribution in [2.24, 2.45) is 0 Å². The zero-order chi connectivity index (χ0) is 24.1. The number of hydrogen-bond donors (Lipinski definition) is 0. The molecular weight excluding hydrogens is 474 g/mol. The third-order valence-electron chi connectivity index (χ3n) is 5.22. The molecule has 0 saturated heterocycles. The minimum absolute atomic E-state index is 0.105. The predicted octanol–water partition coefficient (Wildman–Crippen LogP) is 12.7. The molecule has 0 aromatic heterocycles. The maximum Gasteiger partial charge on any atom is -0.0210 e. The van der Waals surface area contributed by atoms with Gasteiger partial charge in [-0.15, -0.1) is 0 Å². The summed E-state index contributed by atoms with van der Waals surface area (Å²) in [4.78, 5) is 0. The summed E-state index contributed by atoms with van der Waals surface area (Å²) < 4.78 is 0.